The molecule has 4 nitrogen and oxygen atoms in total. The van der Waals surface area contributed by atoms with Crippen molar-refractivity contribution in [3.05, 3.63) is 72.2 Å². The van der Waals surface area contributed by atoms with Gasteiger partial charge in [0, 0.05) is 11.4 Å². The Morgan fingerprint density at radius 1 is 1.10 bits per heavy atom. The second kappa shape index (κ2) is 6.61. The van der Waals surface area contributed by atoms with E-state index in [9.17, 15) is 4.79 Å². The molecule has 0 bridgehead atoms. The van der Waals surface area contributed by atoms with Crippen LogP contribution in [0.4, 0.5) is 11.4 Å². The third kappa shape index (κ3) is 4.11. The van der Waals surface area contributed by atoms with Gasteiger partial charge in [-0.2, -0.15) is 0 Å². The van der Waals surface area contributed by atoms with E-state index in [-0.39, 0.29) is 6.61 Å². The van der Waals surface area contributed by atoms with Crippen LogP contribution >= 0.6 is 0 Å². The summed E-state index contributed by atoms with van der Waals surface area (Å²) < 4.78 is 5.16. The molecule has 0 aromatic heterocycles. The van der Waals surface area contributed by atoms with E-state index >= 15 is 0 Å². The Labute approximate surface area is 124 Å². The molecule has 2 rings (SSSR count). The van der Waals surface area contributed by atoms with Gasteiger partial charge >= 0.3 is 5.97 Å². The molecule has 4 heteroatoms. The zero-order valence-electron chi connectivity index (χ0n) is 11.6. The van der Waals surface area contributed by atoms with Crippen LogP contribution < -0.4 is 11.5 Å². The van der Waals surface area contributed by atoms with E-state index in [4.69, 9.17) is 16.2 Å². The summed E-state index contributed by atoms with van der Waals surface area (Å²) in [5.41, 5.74) is 14.4. The summed E-state index contributed by atoms with van der Waals surface area (Å²) in [4.78, 5) is 11.9. The average Bonchev–Trinajstić information content (AvgIpc) is 2.47. The molecule has 0 fully saturated rings. The molecule has 21 heavy (non-hydrogen) atoms. The van der Waals surface area contributed by atoms with Crippen LogP contribution in [0.3, 0.4) is 0 Å². The minimum atomic E-state index is -0.436. The second-order valence-corrected chi connectivity index (χ2v) is 4.58. The minimum absolute atomic E-state index is 0.178. The Balaban J connectivity index is 1.92. The Morgan fingerprint density at radius 3 is 2.48 bits per heavy atom. The summed E-state index contributed by atoms with van der Waals surface area (Å²) in [6.07, 6.45) is 3.62. The van der Waals surface area contributed by atoms with E-state index in [0.717, 1.165) is 5.56 Å². The molecule has 0 unspecified atom stereocenters. The van der Waals surface area contributed by atoms with Gasteiger partial charge < -0.3 is 16.2 Å². The lowest BCUT2D eigenvalue weighted by Gasteiger charge is -2.06. The summed E-state index contributed by atoms with van der Waals surface area (Å²) in [7, 11) is 0. The molecule has 0 aliphatic heterocycles. The van der Waals surface area contributed by atoms with Gasteiger partial charge in [0.25, 0.3) is 0 Å². The molecule has 2 aromatic carbocycles. The van der Waals surface area contributed by atoms with Gasteiger partial charge in [-0.05, 0) is 48.4 Å². The SMILES string of the molecule is [CH2]c1ccc(N)cc1C(=O)OC/C=C/c1ccc(N)cc1. The van der Waals surface area contributed by atoms with Crippen LogP contribution in [0.1, 0.15) is 21.5 Å². The standard InChI is InChI=1S/C17H17N2O2/c1-12-4-7-15(19)11-16(12)17(20)21-10-2-3-13-5-8-14(18)9-6-13/h2-9,11H,1,10,18-19H2/b3-2+. The lowest BCUT2D eigenvalue weighted by Crippen LogP contribution is -2.07. The van der Waals surface area contributed by atoms with Crippen LogP contribution in [-0.2, 0) is 4.74 Å². The molecular formula is C17H17N2O2. The van der Waals surface area contributed by atoms with Crippen molar-refractivity contribution in [3.63, 3.8) is 0 Å². The molecule has 1 radical (unpaired) electrons. The van der Waals surface area contributed by atoms with Gasteiger partial charge in [0.05, 0.1) is 5.56 Å². The highest BCUT2D eigenvalue weighted by Gasteiger charge is 2.09. The Kier molecular flexibility index (Phi) is 4.61. The maximum atomic E-state index is 11.9. The number of rotatable bonds is 4. The fourth-order valence-electron chi connectivity index (χ4n) is 1.78. The van der Waals surface area contributed by atoms with Crippen molar-refractivity contribution in [3.8, 4) is 0 Å². The number of esters is 1. The fraction of sp³-hybridized carbons (Fsp3) is 0.0588. The molecule has 0 atom stereocenters. The number of nitrogen functional groups attached to an aromatic ring is 2. The summed E-state index contributed by atoms with van der Waals surface area (Å²) in [5, 5.41) is 0. The first-order chi connectivity index (χ1) is 10.1. The molecule has 0 heterocycles. The molecular weight excluding hydrogens is 264 g/mol. The fourth-order valence-corrected chi connectivity index (χ4v) is 1.78. The number of anilines is 2. The maximum Gasteiger partial charge on any atom is 0.338 e. The van der Waals surface area contributed by atoms with Crippen LogP contribution in [0.15, 0.2) is 48.5 Å². The highest BCUT2D eigenvalue weighted by Crippen LogP contribution is 2.14. The number of hydrogen-bond acceptors (Lipinski definition) is 4. The van der Waals surface area contributed by atoms with E-state index in [1.54, 1.807) is 24.3 Å². The molecule has 107 valence electrons. The normalized spacial score (nSPS) is 10.7. The lowest BCUT2D eigenvalue weighted by molar-refractivity contribution is 0.0549. The van der Waals surface area contributed by atoms with Crippen molar-refractivity contribution in [2.24, 2.45) is 0 Å². The number of ether oxygens (including phenoxy) is 1. The first kappa shape index (κ1) is 14.7. The number of carbonyl (C=O) groups excluding carboxylic acids is 1. The second-order valence-electron chi connectivity index (χ2n) is 4.58. The van der Waals surface area contributed by atoms with Crippen molar-refractivity contribution < 1.29 is 9.53 Å². The van der Waals surface area contributed by atoms with Crippen LogP contribution in [0.25, 0.3) is 6.08 Å². The van der Waals surface area contributed by atoms with E-state index in [0.29, 0.717) is 22.5 Å². The summed E-state index contributed by atoms with van der Waals surface area (Å²) in [6, 6.07) is 12.4. The number of carbonyl (C=O) groups is 1. The Hall–Kier alpha value is -2.75. The predicted molar refractivity (Wildman–Crippen MR) is 85.5 cm³/mol. The Morgan fingerprint density at radius 2 is 1.76 bits per heavy atom. The quantitative estimate of drug-likeness (QED) is 0.667. The maximum absolute atomic E-state index is 11.9. The lowest BCUT2D eigenvalue weighted by atomic mass is 10.1. The van der Waals surface area contributed by atoms with Crippen molar-refractivity contribution in [2.45, 2.75) is 0 Å². The van der Waals surface area contributed by atoms with E-state index < -0.39 is 5.97 Å². The molecule has 2 aromatic rings. The molecule has 0 saturated heterocycles. The van der Waals surface area contributed by atoms with Crippen molar-refractivity contribution >= 4 is 23.4 Å². The monoisotopic (exact) mass is 281 g/mol. The molecule has 0 spiro atoms. The first-order valence-electron chi connectivity index (χ1n) is 6.47. The van der Waals surface area contributed by atoms with Crippen LogP contribution in [0.5, 0.6) is 0 Å². The van der Waals surface area contributed by atoms with Crippen molar-refractivity contribution in [2.75, 3.05) is 18.1 Å². The topological polar surface area (TPSA) is 78.3 Å². The third-order valence-corrected chi connectivity index (χ3v) is 2.91. The summed E-state index contributed by atoms with van der Waals surface area (Å²) in [6.45, 7) is 3.96. The van der Waals surface area contributed by atoms with Gasteiger partial charge in [0.2, 0.25) is 0 Å². The van der Waals surface area contributed by atoms with Crippen LogP contribution in [0.2, 0.25) is 0 Å². The zero-order chi connectivity index (χ0) is 15.2. The first-order valence-corrected chi connectivity index (χ1v) is 6.47. The molecule has 0 saturated carbocycles. The summed E-state index contributed by atoms with van der Waals surface area (Å²) >= 11 is 0. The smallest absolute Gasteiger partial charge is 0.338 e. The number of hydrogen-bond donors (Lipinski definition) is 2. The molecule has 0 amide bonds. The number of benzene rings is 2. The van der Waals surface area contributed by atoms with Gasteiger partial charge in [-0.25, -0.2) is 4.79 Å². The molecule has 4 N–H and O–H groups in total. The zero-order valence-corrected chi connectivity index (χ0v) is 11.6. The van der Waals surface area contributed by atoms with Crippen molar-refractivity contribution in [1.82, 2.24) is 0 Å². The van der Waals surface area contributed by atoms with E-state index in [1.807, 2.05) is 30.3 Å². The van der Waals surface area contributed by atoms with Crippen LogP contribution in [-0.4, -0.2) is 12.6 Å². The molecule has 0 aliphatic carbocycles. The average molecular weight is 281 g/mol. The van der Waals surface area contributed by atoms with E-state index in [2.05, 4.69) is 6.92 Å². The minimum Gasteiger partial charge on any atom is -0.458 e. The van der Waals surface area contributed by atoms with Crippen LogP contribution in [0, 0.1) is 6.92 Å². The predicted octanol–water partition coefficient (Wildman–Crippen LogP) is 2.90. The van der Waals surface area contributed by atoms with Gasteiger partial charge in [-0.15, -0.1) is 0 Å². The number of nitrogens with two attached hydrogens (primary N) is 2. The van der Waals surface area contributed by atoms with Gasteiger partial charge in [0.1, 0.15) is 6.61 Å². The van der Waals surface area contributed by atoms with Gasteiger partial charge in [-0.1, -0.05) is 24.3 Å². The van der Waals surface area contributed by atoms with E-state index in [1.165, 1.54) is 0 Å². The van der Waals surface area contributed by atoms with Crippen molar-refractivity contribution in [1.29, 1.82) is 0 Å². The summed E-state index contributed by atoms with van der Waals surface area (Å²) in [5.74, 6) is -0.436. The highest BCUT2D eigenvalue weighted by atomic mass is 16.5. The highest BCUT2D eigenvalue weighted by molar-refractivity contribution is 5.92. The largest absolute Gasteiger partial charge is 0.458 e. The van der Waals surface area contributed by atoms with Gasteiger partial charge in [0.15, 0.2) is 0 Å². The molecule has 0 aliphatic rings. The third-order valence-electron chi connectivity index (χ3n) is 2.91. The van der Waals surface area contributed by atoms with Gasteiger partial charge in [-0.3, -0.25) is 0 Å². The Bertz CT molecular complexity index is 661.